The molecular weight excluding hydrogens is 366 g/mol. The first-order valence-corrected chi connectivity index (χ1v) is 10.3. The second-order valence-electron chi connectivity index (χ2n) is 6.72. The molecule has 0 fully saturated rings. The van der Waals surface area contributed by atoms with Gasteiger partial charge in [0.05, 0.1) is 6.54 Å². The smallest absolute Gasteiger partial charge is 0.251 e. The van der Waals surface area contributed by atoms with Crippen molar-refractivity contribution in [2.24, 2.45) is 0 Å². The summed E-state index contributed by atoms with van der Waals surface area (Å²) in [4.78, 5) is 13.5. The minimum Gasteiger partial charge on any atom is -0.492 e. The third-order valence-electron chi connectivity index (χ3n) is 4.29. The van der Waals surface area contributed by atoms with Crippen molar-refractivity contribution in [3.63, 3.8) is 0 Å². The van der Waals surface area contributed by atoms with Crippen LogP contribution in [0.2, 0.25) is 0 Å². The molecular formula is C24H25NO2S. The highest BCUT2D eigenvalue weighted by Gasteiger charge is 2.05. The van der Waals surface area contributed by atoms with E-state index in [0.717, 1.165) is 17.1 Å². The number of thioether (sulfide) groups is 1. The van der Waals surface area contributed by atoms with Crippen LogP contribution in [0.5, 0.6) is 5.75 Å². The van der Waals surface area contributed by atoms with Crippen molar-refractivity contribution >= 4 is 17.7 Å². The van der Waals surface area contributed by atoms with Crippen LogP contribution < -0.4 is 10.1 Å². The van der Waals surface area contributed by atoms with Crippen molar-refractivity contribution in [2.45, 2.75) is 24.5 Å². The average Bonchev–Trinajstić information content (AvgIpc) is 2.71. The maximum Gasteiger partial charge on any atom is 0.251 e. The predicted molar refractivity (Wildman–Crippen MR) is 116 cm³/mol. The van der Waals surface area contributed by atoms with Gasteiger partial charge in [0.15, 0.2) is 0 Å². The third-order valence-corrected chi connectivity index (χ3v) is 5.37. The van der Waals surface area contributed by atoms with Gasteiger partial charge >= 0.3 is 0 Å². The van der Waals surface area contributed by atoms with Gasteiger partial charge in [0.1, 0.15) is 12.4 Å². The molecule has 3 nitrogen and oxygen atoms in total. The van der Waals surface area contributed by atoms with Crippen LogP contribution in [-0.4, -0.2) is 19.1 Å². The second-order valence-corrected chi connectivity index (χ2v) is 7.77. The van der Waals surface area contributed by atoms with Crippen LogP contribution in [0.15, 0.2) is 77.7 Å². The summed E-state index contributed by atoms with van der Waals surface area (Å²) >= 11 is 1.80. The Labute approximate surface area is 171 Å². The molecule has 0 aromatic heterocycles. The summed E-state index contributed by atoms with van der Waals surface area (Å²) in [6.07, 6.45) is 0. The molecule has 0 bridgehead atoms. The van der Waals surface area contributed by atoms with Crippen LogP contribution in [0.1, 0.15) is 27.0 Å². The number of benzene rings is 3. The molecule has 4 heteroatoms. The van der Waals surface area contributed by atoms with Crippen LogP contribution >= 0.6 is 11.8 Å². The van der Waals surface area contributed by atoms with Gasteiger partial charge in [-0.2, -0.15) is 0 Å². The van der Waals surface area contributed by atoms with Gasteiger partial charge in [-0.3, -0.25) is 4.79 Å². The summed E-state index contributed by atoms with van der Waals surface area (Å²) in [5.74, 6) is 1.63. The fraction of sp³-hybridized carbons (Fsp3) is 0.208. The number of aryl methyl sites for hydroxylation is 2. The van der Waals surface area contributed by atoms with E-state index in [1.165, 1.54) is 16.0 Å². The minimum absolute atomic E-state index is 0.0782. The number of carbonyl (C=O) groups is 1. The molecule has 0 saturated carbocycles. The van der Waals surface area contributed by atoms with Gasteiger partial charge in [-0.05, 0) is 61.4 Å². The fourth-order valence-electron chi connectivity index (χ4n) is 2.69. The number of rotatable bonds is 8. The quantitative estimate of drug-likeness (QED) is 0.412. The first-order chi connectivity index (χ1) is 13.6. The maximum atomic E-state index is 12.3. The molecule has 0 unspecified atom stereocenters. The number of amides is 1. The van der Waals surface area contributed by atoms with Crippen LogP contribution in [0.4, 0.5) is 0 Å². The van der Waals surface area contributed by atoms with E-state index in [1.807, 2.05) is 55.5 Å². The molecule has 0 aliphatic rings. The summed E-state index contributed by atoms with van der Waals surface area (Å²) in [5, 5.41) is 2.90. The first kappa shape index (κ1) is 20.0. The zero-order valence-electron chi connectivity index (χ0n) is 16.3. The van der Waals surface area contributed by atoms with Crippen molar-refractivity contribution in [3.8, 4) is 5.75 Å². The molecule has 3 aromatic carbocycles. The van der Waals surface area contributed by atoms with Crippen LogP contribution in [0.25, 0.3) is 0 Å². The van der Waals surface area contributed by atoms with Gasteiger partial charge in [0, 0.05) is 16.2 Å². The molecule has 0 atom stereocenters. The highest BCUT2D eigenvalue weighted by molar-refractivity contribution is 7.98. The minimum atomic E-state index is -0.0782. The Morgan fingerprint density at radius 3 is 2.39 bits per heavy atom. The molecule has 0 saturated heterocycles. The summed E-state index contributed by atoms with van der Waals surface area (Å²) < 4.78 is 5.66. The molecule has 3 aromatic rings. The zero-order valence-corrected chi connectivity index (χ0v) is 17.1. The monoisotopic (exact) mass is 391 g/mol. The van der Waals surface area contributed by atoms with Crippen LogP contribution in [0, 0.1) is 13.8 Å². The molecule has 0 radical (unpaired) electrons. The number of nitrogens with one attached hydrogen (secondary N) is 1. The highest BCUT2D eigenvalue weighted by atomic mass is 32.2. The fourth-order valence-corrected chi connectivity index (χ4v) is 3.55. The van der Waals surface area contributed by atoms with Crippen LogP contribution in [0.3, 0.4) is 0 Å². The standard InChI is InChI=1S/C24H25NO2S/c1-18-6-12-23(13-7-18)28-17-20-8-10-21(11-9-20)24(26)25-14-15-27-22-5-3-4-19(2)16-22/h3-13,16H,14-15,17H2,1-2H3,(H,25,26). The molecule has 144 valence electrons. The number of carbonyl (C=O) groups excluding carboxylic acids is 1. The molecule has 1 amide bonds. The Bertz CT molecular complexity index is 905. The van der Waals surface area contributed by atoms with Crippen molar-refractivity contribution in [2.75, 3.05) is 13.2 Å². The van der Waals surface area contributed by atoms with E-state index < -0.39 is 0 Å². The third kappa shape index (κ3) is 6.17. The molecule has 0 aliphatic heterocycles. The lowest BCUT2D eigenvalue weighted by Gasteiger charge is -2.09. The molecule has 0 aliphatic carbocycles. The molecule has 0 heterocycles. The lowest BCUT2D eigenvalue weighted by atomic mass is 10.1. The lowest BCUT2D eigenvalue weighted by molar-refractivity contribution is 0.0947. The summed E-state index contributed by atoms with van der Waals surface area (Å²) in [7, 11) is 0. The lowest BCUT2D eigenvalue weighted by Crippen LogP contribution is -2.28. The maximum absolute atomic E-state index is 12.3. The van der Waals surface area contributed by atoms with Crippen molar-refractivity contribution in [1.29, 1.82) is 0 Å². The second kappa shape index (κ2) is 10.00. The van der Waals surface area contributed by atoms with E-state index >= 15 is 0 Å². The summed E-state index contributed by atoms with van der Waals surface area (Å²) in [6, 6.07) is 24.2. The van der Waals surface area contributed by atoms with Gasteiger partial charge < -0.3 is 10.1 Å². The Balaban J connectivity index is 1.42. The average molecular weight is 392 g/mol. The summed E-state index contributed by atoms with van der Waals surface area (Å²) in [5.41, 5.74) is 4.29. The van der Waals surface area contributed by atoms with E-state index in [0.29, 0.717) is 18.7 Å². The zero-order chi connectivity index (χ0) is 19.8. The Morgan fingerprint density at radius 2 is 1.68 bits per heavy atom. The van der Waals surface area contributed by atoms with Gasteiger partial charge in [-0.15, -0.1) is 11.8 Å². The normalized spacial score (nSPS) is 10.5. The Hall–Kier alpha value is -2.72. The molecule has 3 rings (SSSR count). The summed E-state index contributed by atoms with van der Waals surface area (Å²) in [6.45, 7) is 5.03. The van der Waals surface area contributed by atoms with Gasteiger partial charge in [-0.25, -0.2) is 0 Å². The number of hydrogen-bond donors (Lipinski definition) is 1. The van der Waals surface area contributed by atoms with Crippen LogP contribution in [-0.2, 0) is 5.75 Å². The van der Waals surface area contributed by atoms with E-state index in [9.17, 15) is 4.79 Å². The van der Waals surface area contributed by atoms with E-state index in [-0.39, 0.29) is 5.91 Å². The highest BCUT2D eigenvalue weighted by Crippen LogP contribution is 2.23. The van der Waals surface area contributed by atoms with Crippen molar-refractivity contribution in [3.05, 3.63) is 95.1 Å². The first-order valence-electron chi connectivity index (χ1n) is 9.36. The molecule has 0 spiro atoms. The number of ether oxygens (including phenoxy) is 1. The Kier molecular flexibility index (Phi) is 7.15. The largest absolute Gasteiger partial charge is 0.492 e. The van der Waals surface area contributed by atoms with E-state index in [2.05, 4.69) is 36.5 Å². The number of hydrogen-bond acceptors (Lipinski definition) is 3. The molecule has 1 N–H and O–H groups in total. The van der Waals surface area contributed by atoms with Crippen molar-refractivity contribution < 1.29 is 9.53 Å². The van der Waals surface area contributed by atoms with Gasteiger partial charge in [-0.1, -0.05) is 42.0 Å². The SMILES string of the molecule is Cc1ccc(SCc2ccc(C(=O)NCCOc3cccc(C)c3)cc2)cc1. The topological polar surface area (TPSA) is 38.3 Å². The molecule has 28 heavy (non-hydrogen) atoms. The predicted octanol–water partition coefficient (Wildman–Crippen LogP) is 5.40. The Morgan fingerprint density at radius 1 is 0.929 bits per heavy atom. The van der Waals surface area contributed by atoms with E-state index in [1.54, 1.807) is 11.8 Å². The van der Waals surface area contributed by atoms with Gasteiger partial charge in [0.2, 0.25) is 0 Å². The van der Waals surface area contributed by atoms with Gasteiger partial charge in [0.25, 0.3) is 5.91 Å². The van der Waals surface area contributed by atoms with E-state index in [4.69, 9.17) is 4.74 Å². The van der Waals surface area contributed by atoms with Crippen molar-refractivity contribution in [1.82, 2.24) is 5.32 Å².